The largest absolute Gasteiger partial charge is 0.313 e. The molecule has 3 heteroatoms. The van der Waals surface area contributed by atoms with Crippen LogP contribution < -0.4 is 5.32 Å². The molecule has 0 aliphatic heterocycles. The molecule has 0 spiro atoms. The van der Waals surface area contributed by atoms with Gasteiger partial charge in [-0.25, -0.2) is 0 Å². The quantitative estimate of drug-likeness (QED) is 0.847. The molecule has 0 aliphatic carbocycles. The Morgan fingerprint density at radius 3 is 2.88 bits per heavy atom. The summed E-state index contributed by atoms with van der Waals surface area (Å²) in [5.74, 6) is 0. The molecule has 0 unspecified atom stereocenters. The minimum Gasteiger partial charge on any atom is -0.313 e. The zero-order valence-electron chi connectivity index (χ0n) is 9.77. The number of aromatic nitrogens is 2. The molecule has 0 saturated carbocycles. The highest BCUT2D eigenvalue weighted by molar-refractivity contribution is 5.60. The van der Waals surface area contributed by atoms with Gasteiger partial charge in [-0.2, -0.15) is 5.10 Å². The first-order chi connectivity index (χ1) is 7.81. The second-order valence-corrected chi connectivity index (χ2v) is 3.82. The average molecular weight is 215 g/mol. The van der Waals surface area contributed by atoms with Gasteiger partial charge in [0, 0.05) is 25.4 Å². The van der Waals surface area contributed by atoms with Crippen molar-refractivity contribution >= 4 is 0 Å². The summed E-state index contributed by atoms with van der Waals surface area (Å²) in [6, 6.07) is 10.6. The van der Waals surface area contributed by atoms with Crippen molar-refractivity contribution in [2.75, 3.05) is 6.54 Å². The standard InChI is InChI=1S/C13H17N3/c1-3-14-10-11-5-4-6-12(9-11)13-7-8-15-16(13)2/h4-9,14H,3,10H2,1-2H3. The highest BCUT2D eigenvalue weighted by atomic mass is 15.2. The number of nitrogens with one attached hydrogen (secondary N) is 1. The van der Waals surface area contributed by atoms with Gasteiger partial charge in [-0.3, -0.25) is 4.68 Å². The van der Waals surface area contributed by atoms with Crippen molar-refractivity contribution in [1.29, 1.82) is 0 Å². The van der Waals surface area contributed by atoms with E-state index >= 15 is 0 Å². The van der Waals surface area contributed by atoms with Gasteiger partial charge < -0.3 is 5.32 Å². The summed E-state index contributed by atoms with van der Waals surface area (Å²) in [6.07, 6.45) is 1.83. The van der Waals surface area contributed by atoms with E-state index in [0.29, 0.717) is 0 Å². The van der Waals surface area contributed by atoms with Gasteiger partial charge in [-0.1, -0.05) is 25.1 Å². The first-order valence-electron chi connectivity index (χ1n) is 5.59. The van der Waals surface area contributed by atoms with Gasteiger partial charge in [0.1, 0.15) is 0 Å². The first-order valence-corrected chi connectivity index (χ1v) is 5.59. The molecule has 1 aromatic heterocycles. The number of nitrogens with zero attached hydrogens (tertiary/aromatic N) is 2. The SMILES string of the molecule is CCNCc1cccc(-c2ccnn2C)c1. The van der Waals surface area contributed by atoms with Crippen molar-refractivity contribution < 1.29 is 0 Å². The van der Waals surface area contributed by atoms with Crippen molar-refractivity contribution in [2.24, 2.45) is 7.05 Å². The second kappa shape index (κ2) is 4.94. The third-order valence-corrected chi connectivity index (χ3v) is 2.62. The zero-order chi connectivity index (χ0) is 11.4. The molecule has 0 fully saturated rings. The minimum atomic E-state index is 0.919. The number of hydrogen-bond donors (Lipinski definition) is 1. The summed E-state index contributed by atoms with van der Waals surface area (Å²) in [7, 11) is 1.96. The van der Waals surface area contributed by atoms with E-state index in [1.807, 2.05) is 24.0 Å². The molecular weight excluding hydrogens is 198 g/mol. The molecular formula is C13H17N3. The fourth-order valence-electron chi connectivity index (χ4n) is 1.77. The van der Waals surface area contributed by atoms with Gasteiger partial charge >= 0.3 is 0 Å². The highest BCUT2D eigenvalue weighted by Crippen LogP contribution is 2.19. The average Bonchev–Trinajstić information content (AvgIpc) is 2.73. The minimum absolute atomic E-state index is 0.919. The summed E-state index contributed by atoms with van der Waals surface area (Å²) in [6.45, 7) is 4.03. The summed E-state index contributed by atoms with van der Waals surface area (Å²) < 4.78 is 1.90. The van der Waals surface area contributed by atoms with Crippen molar-refractivity contribution in [3.05, 3.63) is 42.1 Å². The first kappa shape index (κ1) is 10.9. The van der Waals surface area contributed by atoms with Gasteiger partial charge in [-0.15, -0.1) is 0 Å². The van der Waals surface area contributed by atoms with Crippen LogP contribution in [-0.4, -0.2) is 16.3 Å². The Morgan fingerprint density at radius 1 is 1.31 bits per heavy atom. The molecule has 2 aromatic rings. The van der Waals surface area contributed by atoms with Crippen molar-refractivity contribution in [1.82, 2.24) is 15.1 Å². The fourth-order valence-corrected chi connectivity index (χ4v) is 1.77. The normalized spacial score (nSPS) is 10.6. The predicted molar refractivity (Wildman–Crippen MR) is 66.0 cm³/mol. The topological polar surface area (TPSA) is 29.9 Å². The molecule has 1 aromatic carbocycles. The van der Waals surface area contributed by atoms with Crippen molar-refractivity contribution in [3.8, 4) is 11.3 Å². The van der Waals surface area contributed by atoms with Crippen molar-refractivity contribution in [3.63, 3.8) is 0 Å². The van der Waals surface area contributed by atoms with Crippen LogP contribution in [0.25, 0.3) is 11.3 Å². The zero-order valence-corrected chi connectivity index (χ0v) is 9.77. The van der Waals surface area contributed by atoms with E-state index in [1.165, 1.54) is 11.1 Å². The van der Waals surface area contributed by atoms with Gasteiger partial charge in [0.05, 0.1) is 5.69 Å². The lowest BCUT2D eigenvalue weighted by molar-refractivity contribution is 0.726. The maximum atomic E-state index is 4.19. The number of hydrogen-bond acceptors (Lipinski definition) is 2. The predicted octanol–water partition coefficient (Wildman–Crippen LogP) is 2.20. The Balaban J connectivity index is 2.26. The maximum absolute atomic E-state index is 4.19. The van der Waals surface area contributed by atoms with Crippen LogP contribution in [0.15, 0.2) is 36.5 Å². The molecule has 0 radical (unpaired) electrons. The van der Waals surface area contributed by atoms with Crippen LogP contribution in [0.3, 0.4) is 0 Å². The molecule has 3 nitrogen and oxygen atoms in total. The summed E-state index contributed by atoms with van der Waals surface area (Å²) in [4.78, 5) is 0. The van der Waals surface area contributed by atoms with E-state index in [-0.39, 0.29) is 0 Å². The van der Waals surface area contributed by atoms with E-state index in [1.54, 1.807) is 0 Å². The lowest BCUT2D eigenvalue weighted by atomic mass is 10.1. The molecule has 0 saturated heterocycles. The van der Waals surface area contributed by atoms with Crippen LogP contribution in [-0.2, 0) is 13.6 Å². The van der Waals surface area contributed by atoms with Crippen LogP contribution in [0.2, 0.25) is 0 Å². The molecule has 2 rings (SSSR count). The van der Waals surface area contributed by atoms with E-state index in [9.17, 15) is 0 Å². The van der Waals surface area contributed by atoms with Crippen LogP contribution >= 0.6 is 0 Å². The van der Waals surface area contributed by atoms with Crippen molar-refractivity contribution in [2.45, 2.75) is 13.5 Å². The van der Waals surface area contributed by atoms with Crippen LogP contribution in [0.4, 0.5) is 0 Å². The van der Waals surface area contributed by atoms with E-state index < -0.39 is 0 Å². The smallest absolute Gasteiger partial charge is 0.0678 e. The molecule has 84 valence electrons. The van der Waals surface area contributed by atoms with E-state index in [2.05, 4.69) is 41.6 Å². The van der Waals surface area contributed by atoms with E-state index in [4.69, 9.17) is 0 Å². The Morgan fingerprint density at radius 2 is 2.19 bits per heavy atom. The lowest BCUT2D eigenvalue weighted by Crippen LogP contribution is -2.11. The summed E-state index contributed by atoms with van der Waals surface area (Å²) in [5.41, 5.74) is 3.68. The number of rotatable bonds is 4. The van der Waals surface area contributed by atoms with E-state index in [0.717, 1.165) is 18.8 Å². The van der Waals surface area contributed by atoms with Gasteiger partial charge in [0.25, 0.3) is 0 Å². The van der Waals surface area contributed by atoms with Gasteiger partial charge in [0.2, 0.25) is 0 Å². The maximum Gasteiger partial charge on any atom is 0.0678 e. The van der Waals surface area contributed by atoms with Gasteiger partial charge in [-0.05, 0) is 24.2 Å². The highest BCUT2D eigenvalue weighted by Gasteiger charge is 2.02. The molecule has 0 bridgehead atoms. The fraction of sp³-hybridized carbons (Fsp3) is 0.308. The van der Waals surface area contributed by atoms with Crippen LogP contribution in [0, 0.1) is 0 Å². The van der Waals surface area contributed by atoms with Crippen LogP contribution in [0.1, 0.15) is 12.5 Å². The Labute approximate surface area is 96.1 Å². The Kier molecular flexibility index (Phi) is 3.37. The molecule has 16 heavy (non-hydrogen) atoms. The lowest BCUT2D eigenvalue weighted by Gasteiger charge is -2.06. The molecule has 1 heterocycles. The van der Waals surface area contributed by atoms with Gasteiger partial charge in [0.15, 0.2) is 0 Å². The molecule has 0 atom stereocenters. The third-order valence-electron chi connectivity index (χ3n) is 2.62. The molecule has 0 aliphatic rings. The Bertz CT molecular complexity index is 460. The molecule has 1 N–H and O–H groups in total. The number of aryl methyl sites for hydroxylation is 1. The van der Waals surface area contributed by atoms with Crippen LogP contribution in [0.5, 0.6) is 0 Å². The number of benzene rings is 1. The summed E-state index contributed by atoms with van der Waals surface area (Å²) >= 11 is 0. The Hall–Kier alpha value is -1.61. The monoisotopic (exact) mass is 215 g/mol. The second-order valence-electron chi connectivity index (χ2n) is 3.82. The third kappa shape index (κ3) is 2.31. The molecule has 0 amide bonds. The summed E-state index contributed by atoms with van der Waals surface area (Å²) in [5, 5.41) is 7.52.